The first kappa shape index (κ1) is 17.8. The number of rotatable bonds is 4. The zero-order valence-electron chi connectivity index (χ0n) is 13.4. The Morgan fingerprint density at radius 1 is 1.04 bits per heavy atom. The molecular formula is C18H19Cl3N2O. The second kappa shape index (κ2) is 7.94. The fraction of sp³-hybridized carbons (Fsp3) is 0.333. The van der Waals surface area contributed by atoms with E-state index >= 15 is 0 Å². The van der Waals surface area contributed by atoms with Gasteiger partial charge in [-0.15, -0.1) is 0 Å². The van der Waals surface area contributed by atoms with Crippen molar-refractivity contribution in [2.45, 2.75) is 6.04 Å². The van der Waals surface area contributed by atoms with Crippen molar-refractivity contribution in [1.29, 1.82) is 0 Å². The molecule has 1 unspecified atom stereocenters. The maximum Gasteiger partial charge on any atom is 0.124 e. The lowest BCUT2D eigenvalue weighted by atomic mass is 9.95. The van der Waals surface area contributed by atoms with E-state index in [0.717, 1.165) is 43.1 Å². The molecule has 24 heavy (non-hydrogen) atoms. The molecule has 2 aromatic carbocycles. The number of halogens is 3. The molecule has 0 aliphatic carbocycles. The van der Waals surface area contributed by atoms with E-state index in [1.54, 1.807) is 13.2 Å². The Morgan fingerprint density at radius 2 is 1.79 bits per heavy atom. The standard InChI is InChI=1S/C18H19Cl3N2O/c1-24-16-6-5-12(19)11-14(16)18(23-9-7-22-8-10-23)13-3-2-4-15(20)17(13)21/h2-6,11,18,22H,7-10H2,1H3. The lowest BCUT2D eigenvalue weighted by Gasteiger charge is -2.36. The van der Waals surface area contributed by atoms with Crippen LogP contribution in [0.1, 0.15) is 17.2 Å². The predicted octanol–water partition coefficient (Wildman–Crippen LogP) is 4.65. The van der Waals surface area contributed by atoms with Gasteiger partial charge in [-0.05, 0) is 29.8 Å². The fourth-order valence-corrected chi connectivity index (χ4v) is 3.74. The van der Waals surface area contributed by atoms with E-state index in [4.69, 9.17) is 39.5 Å². The average Bonchev–Trinajstić information content (AvgIpc) is 2.60. The number of methoxy groups -OCH3 is 1. The summed E-state index contributed by atoms with van der Waals surface area (Å²) in [5.41, 5.74) is 1.96. The average molecular weight is 386 g/mol. The van der Waals surface area contributed by atoms with Crippen molar-refractivity contribution in [2.24, 2.45) is 0 Å². The Balaban J connectivity index is 2.15. The lowest BCUT2D eigenvalue weighted by Crippen LogP contribution is -2.45. The molecular weight excluding hydrogens is 367 g/mol. The first-order valence-electron chi connectivity index (χ1n) is 7.84. The molecule has 1 aliphatic heterocycles. The summed E-state index contributed by atoms with van der Waals surface area (Å²) >= 11 is 19.1. The van der Waals surface area contributed by atoms with Crippen LogP contribution < -0.4 is 10.1 Å². The zero-order chi connectivity index (χ0) is 17.1. The van der Waals surface area contributed by atoms with E-state index in [0.29, 0.717) is 15.1 Å². The van der Waals surface area contributed by atoms with Crippen LogP contribution in [0.3, 0.4) is 0 Å². The first-order valence-corrected chi connectivity index (χ1v) is 8.97. The number of nitrogens with one attached hydrogen (secondary N) is 1. The summed E-state index contributed by atoms with van der Waals surface area (Å²) in [7, 11) is 1.67. The van der Waals surface area contributed by atoms with Gasteiger partial charge in [-0.1, -0.05) is 46.9 Å². The third kappa shape index (κ3) is 3.66. The minimum absolute atomic E-state index is 0.0630. The molecule has 0 radical (unpaired) electrons. The summed E-state index contributed by atoms with van der Waals surface area (Å²) in [5.74, 6) is 0.791. The Labute approximate surface area is 157 Å². The SMILES string of the molecule is COc1ccc(Cl)cc1C(c1cccc(Cl)c1Cl)N1CCNCC1. The quantitative estimate of drug-likeness (QED) is 0.829. The smallest absolute Gasteiger partial charge is 0.124 e. The molecule has 3 rings (SSSR count). The highest BCUT2D eigenvalue weighted by molar-refractivity contribution is 6.42. The van der Waals surface area contributed by atoms with Gasteiger partial charge in [0.2, 0.25) is 0 Å². The Kier molecular flexibility index (Phi) is 5.90. The Bertz CT molecular complexity index is 717. The third-order valence-electron chi connectivity index (χ3n) is 4.28. The van der Waals surface area contributed by atoms with Crippen molar-refractivity contribution in [2.75, 3.05) is 33.3 Å². The van der Waals surface area contributed by atoms with Crippen molar-refractivity contribution < 1.29 is 4.74 Å². The van der Waals surface area contributed by atoms with Gasteiger partial charge in [0.15, 0.2) is 0 Å². The van der Waals surface area contributed by atoms with Crippen molar-refractivity contribution >= 4 is 34.8 Å². The zero-order valence-corrected chi connectivity index (χ0v) is 15.6. The van der Waals surface area contributed by atoms with Gasteiger partial charge in [0.1, 0.15) is 5.75 Å². The van der Waals surface area contributed by atoms with Gasteiger partial charge in [0, 0.05) is 36.8 Å². The van der Waals surface area contributed by atoms with Crippen LogP contribution >= 0.6 is 34.8 Å². The summed E-state index contributed by atoms with van der Waals surface area (Å²) in [6.07, 6.45) is 0. The monoisotopic (exact) mass is 384 g/mol. The molecule has 0 bridgehead atoms. The van der Waals surface area contributed by atoms with Gasteiger partial charge >= 0.3 is 0 Å². The van der Waals surface area contributed by atoms with Crippen LogP contribution in [0, 0.1) is 0 Å². The van der Waals surface area contributed by atoms with E-state index in [9.17, 15) is 0 Å². The maximum atomic E-state index is 6.54. The molecule has 0 amide bonds. The van der Waals surface area contributed by atoms with Crippen LogP contribution in [0.15, 0.2) is 36.4 Å². The van der Waals surface area contributed by atoms with E-state index in [2.05, 4.69) is 10.2 Å². The number of hydrogen-bond donors (Lipinski definition) is 1. The van der Waals surface area contributed by atoms with Gasteiger partial charge in [0.25, 0.3) is 0 Å². The van der Waals surface area contributed by atoms with Crippen LogP contribution in [0.5, 0.6) is 5.75 Å². The molecule has 1 aliphatic rings. The molecule has 1 saturated heterocycles. The molecule has 0 saturated carbocycles. The van der Waals surface area contributed by atoms with Crippen LogP contribution in [0.25, 0.3) is 0 Å². The van der Waals surface area contributed by atoms with E-state index in [-0.39, 0.29) is 6.04 Å². The number of hydrogen-bond acceptors (Lipinski definition) is 3. The number of nitrogens with zero attached hydrogens (tertiary/aromatic N) is 1. The van der Waals surface area contributed by atoms with Gasteiger partial charge < -0.3 is 10.1 Å². The first-order chi connectivity index (χ1) is 11.6. The van der Waals surface area contributed by atoms with Crippen molar-refractivity contribution in [3.63, 3.8) is 0 Å². The number of benzene rings is 2. The predicted molar refractivity (Wildman–Crippen MR) is 101 cm³/mol. The molecule has 3 nitrogen and oxygen atoms in total. The van der Waals surface area contributed by atoms with Crippen LogP contribution in [-0.2, 0) is 0 Å². The largest absolute Gasteiger partial charge is 0.496 e. The summed E-state index contributed by atoms with van der Waals surface area (Å²) in [6.45, 7) is 3.67. The highest BCUT2D eigenvalue weighted by Gasteiger charge is 2.29. The van der Waals surface area contributed by atoms with Gasteiger partial charge in [-0.25, -0.2) is 0 Å². The molecule has 1 atom stereocenters. The Morgan fingerprint density at radius 3 is 2.50 bits per heavy atom. The molecule has 0 spiro atoms. The normalized spacial score (nSPS) is 16.8. The summed E-state index contributed by atoms with van der Waals surface area (Å²) in [6, 6.07) is 11.4. The molecule has 2 aromatic rings. The fourth-order valence-electron chi connectivity index (χ4n) is 3.15. The third-order valence-corrected chi connectivity index (χ3v) is 5.35. The molecule has 128 valence electrons. The van der Waals surface area contributed by atoms with Crippen LogP contribution in [-0.4, -0.2) is 38.2 Å². The molecule has 1 fully saturated rings. The molecule has 1 N–H and O–H groups in total. The molecule has 0 aromatic heterocycles. The van der Waals surface area contributed by atoms with E-state index < -0.39 is 0 Å². The van der Waals surface area contributed by atoms with Crippen LogP contribution in [0.2, 0.25) is 15.1 Å². The minimum Gasteiger partial charge on any atom is -0.496 e. The number of piperazine rings is 1. The highest BCUT2D eigenvalue weighted by atomic mass is 35.5. The highest BCUT2D eigenvalue weighted by Crippen LogP contribution is 2.41. The van der Waals surface area contributed by atoms with E-state index in [1.165, 1.54) is 0 Å². The van der Waals surface area contributed by atoms with Gasteiger partial charge in [0.05, 0.1) is 23.2 Å². The van der Waals surface area contributed by atoms with Crippen LogP contribution in [0.4, 0.5) is 0 Å². The lowest BCUT2D eigenvalue weighted by molar-refractivity contribution is 0.195. The van der Waals surface area contributed by atoms with Gasteiger partial charge in [-0.3, -0.25) is 4.90 Å². The summed E-state index contributed by atoms with van der Waals surface area (Å²) < 4.78 is 5.59. The van der Waals surface area contributed by atoms with Crippen molar-refractivity contribution in [1.82, 2.24) is 10.2 Å². The number of ether oxygens (including phenoxy) is 1. The minimum atomic E-state index is -0.0630. The molecule has 6 heteroatoms. The second-order valence-corrected chi connectivity index (χ2v) is 6.94. The summed E-state index contributed by atoms with van der Waals surface area (Å²) in [4.78, 5) is 2.38. The van der Waals surface area contributed by atoms with Crippen molar-refractivity contribution in [3.8, 4) is 5.75 Å². The second-order valence-electron chi connectivity index (χ2n) is 5.72. The van der Waals surface area contributed by atoms with E-state index in [1.807, 2.05) is 30.3 Å². The Hall–Kier alpha value is -0.970. The van der Waals surface area contributed by atoms with Gasteiger partial charge in [-0.2, -0.15) is 0 Å². The topological polar surface area (TPSA) is 24.5 Å². The molecule has 1 heterocycles. The van der Waals surface area contributed by atoms with Crippen molar-refractivity contribution in [3.05, 3.63) is 62.6 Å². The summed E-state index contributed by atoms with van der Waals surface area (Å²) in [5, 5.41) is 5.18. The maximum absolute atomic E-state index is 6.54.